The first-order valence-corrected chi connectivity index (χ1v) is 12.4. The molecular formula is C16H30O8P2. The maximum absolute atomic E-state index is 11.5. The average Bonchev–Trinajstić information content (AvgIpc) is 2.47. The van der Waals surface area contributed by atoms with Gasteiger partial charge in [0.25, 0.3) is 0 Å². The molecule has 0 heterocycles. The molecule has 0 bridgehead atoms. The Bertz CT molecular complexity index is 569. The lowest BCUT2D eigenvalue weighted by atomic mass is 10.4. The van der Waals surface area contributed by atoms with Crippen molar-refractivity contribution in [2.45, 2.75) is 26.7 Å². The number of rotatable bonds is 11. The number of carbonyl (C=O) groups excluding carboxylic acids is 1. The summed E-state index contributed by atoms with van der Waals surface area (Å²) in [5, 5.41) is 8.36. The fourth-order valence-corrected chi connectivity index (χ4v) is 3.00. The van der Waals surface area contributed by atoms with E-state index in [4.69, 9.17) is 19.3 Å². The average molecular weight is 412 g/mol. The monoisotopic (exact) mass is 412 g/mol. The van der Waals surface area contributed by atoms with E-state index in [0.29, 0.717) is 0 Å². The summed E-state index contributed by atoms with van der Waals surface area (Å²) >= 11 is 0. The summed E-state index contributed by atoms with van der Waals surface area (Å²) in [6.45, 7) is 13.7. The molecule has 0 rings (SSSR count). The zero-order valence-electron chi connectivity index (χ0n) is 15.9. The second-order valence-electron chi connectivity index (χ2n) is 6.25. The number of carboxylic acid groups (broad SMARTS) is 1. The Hall–Kier alpha value is -1.20. The summed E-state index contributed by atoms with van der Waals surface area (Å²) in [6.07, 6.45) is -0.0842. The number of esters is 1. The van der Waals surface area contributed by atoms with E-state index in [0.717, 1.165) is 11.1 Å². The van der Waals surface area contributed by atoms with Crippen LogP contribution in [-0.4, -0.2) is 60.8 Å². The van der Waals surface area contributed by atoms with Gasteiger partial charge in [0.1, 0.15) is 6.61 Å². The van der Waals surface area contributed by atoms with Gasteiger partial charge in [0.2, 0.25) is 7.37 Å². The Balaban J connectivity index is 0. The third-order valence-electron chi connectivity index (χ3n) is 2.53. The Morgan fingerprint density at radius 2 is 1.46 bits per heavy atom. The number of ether oxygens (including phenoxy) is 1. The molecule has 0 saturated carbocycles. The van der Waals surface area contributed by atoms with Crippen molar-refractivity contribution in [1.29, 1.82) is 0 Å². The van der Waals surface area contributed by atoms with Gasteiger partial charge in [0.15, 0.2) is 7.37 Å². The van der Waals surface area contributed by atoms with Gasteiger partial charge in [-0.05, 0) is 19.4 Å². The van der Waals surface area contributed by atoms with Crippen LogP contribution in [0.5, 0.6) is 0 Å². The molecule has 0 aliphatic carbocycles. The maximum atomic E-state index is 11.5. The second-order valence-corrected chi connectivity index (χ2v) is 11.5. The summed E-state index contributed by atoms with van der Waals surface area (Å²) in [7, 11) is -5.83. The Morgan fingerprint density at radius 1 is 0.962 bits per heavy atom. The molecular weight excluding hydrogens is 382 g/mol. The smallest absolute Gasteiger partial charge is 0.306 e. The van der Waals surface area contributed by atoms with E-state index in [1.807, 2.05) is 0 Å². The molecule has 0 saturated heterocycles. The molecule has 0 amide bonds. The molecule has 152 valence electrons. The number of carboxylic acids is 1. The van der Waals surface area contributed by atoms with Crippen molar-refractivity contribution >= 4 is 26.7 Å². The van der Waals surface area contributed by atoms with Crippen LogP contribution >= 0.6 is 14.7 Å². The number of hydrogen-bond donors (Lipinski definition) is 2. The number of aliphatic carboxylic acids is 1. The SMILES string of the molecule is C=C(C)COC(=O)CCP(C)(=O)O.C=C(C)COP(C)(=O)CCC(=O)O. The zero-order chi connectivity index (χ0) is 21.0. The van der Waals surface area contributed by atoms with Gasteiger partial charge in [-0.25, -0.2) is 0 Å². The summed E-state index contributed by atoms with van der Waals surface area (Å²) in [5.41, 5.74) is 1.52. The van der Waals surface area contributed by atoms with Gasteiger partial charge < -0.3 is 19.3 Å². The minimum atomic E-state index is -3.09. The van der Waals surface area contributed by atoms with E-state index in [-0.39, 0.29) is 38.4 Å². The molecule has 2 N–H and O–H groups in total. The zero-order valence-corrected chi connectivity index (χ0v) is 17.7. The van der Waals surface area contributed by atoms with Gasteiger partial charge in [-0.2, -0.15) is 0 Å². The molecule has 0 spiro atoms. The molecule has 0 fully saturated rings. The first kappa shape index (κ1) is 27.0. The van der Waals surface area contributed by atoms with Crippen LogP contribution in [0, 0.1) is 0 Å². The molecule has 0 radical (unpaired) electrons. The first-order chi connectivity index (χ1) is 11.6. The van der Waals surface area contributed by atoms with E-state index >= 15 is 0 Å². The lowest BCUT2D eigenvalue weighted by Crippen LogP contribution is -2.08. The lowest BCUT2D eigenvalue weighted by molar-refractivity contribution is -0.142. The minimum absolute atomic E-state index is 0.0163. The molecule has 0 aromatic rings. The van der Waals surface area contributed by atoms with Crippen LogP contribution in [0.2, 0.25) is 0 Å². The fourth-order valence-electron chi connectivity index (χ4n) is 1.18. The van der Waals surface area contributed by atoms with Gasteiger partial charge in [0, 0.05) is 25.7 Å². The molecule has 0 aromatic carbocycles. The summed E-state index contributed by atoms with van der Waals surface area (Å²) in [6, 6.07) is 0. The van der Waals surface area contributed by atoms with Crippen molar-refractivity contribution in [3.63, 3.8) is 0 Å². The number of hydrogen-bond acceptors (Lipinski definition) is 6. The fraction of sp³-hybridized carbons (Fsp3) is 0.625. The van der Waals surface area contributed by atoms with Crippen LogP contribution in [0.3, 0.4) is 0 Å². The van der Waals surface area contributed by atoms with Gasteiger partial charge in [-0.15, -0.1) is 0 Å². The predicted molar refractivity (Wildman–Crippen MR) is 102 cm³/mol. The summed E-state index contributed by atoms with van der Waals surface area (Å²) in [4.78, 5) is 30.0. The van der Waals surface area contributed by atoms with Crippen molar-refractivity contribution in [3.8, 4) is 0 Å². The van der Waals surface area contributed by atoms with Crippen LogP contribution in [0.25, 0.3) is 0 Å². The largest absolute Gasteiger partial charge is 0.481 e. The molecule has 26 heavy (non-hydrogen) atoms. The Labute approximate surface area is 155 Å². The van der Waals surface area contributed by atoms with Crippen molar-refractivity contribution in [2.75, 3.05) is 38.9 Å². The molecule has 0 aliphatic rings. The third kappa shape index (κ3) is 22.8. The van der Waals surface area contributed by atoms with E-state index in [2.05, 4.69) is 13.2 Å². The summed E-state index contributed by atoms with van der Waals surface area (Å²) in [5.74, 6) is -1.42. The first-order valence-electron chi connectivity index (χ1n) is 7.81. The predicted octanol–water partition coefficient (Wildman–Crippen LogP) is 3.36. The Morgan fingerprint density at radius 3 is 1.85 bits per heavy atom. The topological polar surface area (TPSA) is 127 Å². The molecule has 10 heteroatoms. The molecule has 0 aliphatic heterocycles. The molecule has 2 atom stereocenters. The number of carbonyl (C=O) groups is 2. The maximum Gasteiger partial charge on any atom is 0.306 e. The van der Waals surface area contributed by atoms with Crippen molar-refractivity contribution in [1.82, 2.24) is 0 Å². The van der Waals surface area contributed by atoms with E-state index in [1.54, 1.807) is 13.8 Å². The highest BCUT2D eigenvalue weighted by atomic mass is 31.2. The Kier molecular flexibility index (Phi) is 13.6. The van der Waals surface area contributed by atoms with Gasteiger partial charge in [0.05, 0.1) is 19.4 Å². The molecule has 0 aromatic heterocycles. The highest BCUT2D eigenvalue weighted by Gasteiger charge is 2.17. The molecule has 8 nitrogen and oxygen atoms in total. The van der Waals surface area contributed by atoms with E-state index < -0.39 is 26.7 Å². The van der Waals surface area contributed by atoms with Crippen LogP contribution in [-0.2, 0) is 28.0 Å². The second kappa shape index (κ2) is 13.0. The normalized spacial score (nSPS) is 14.8. The lowest BCUT2D eigenvalue weighted by Gasteiger charge is -2.12. The third-order valence-corrected chi connectivity index (χ3v) is 5.29. The van der Waals surface area contributed by atoms with Gasteiger partial charge in [-0.1, -0.05) is 18.7 Å². The van der Waals surface area contributed by atoms with E-state index in [1.165, 1.54) is 13.3 Å². The standard InChI is InChI=1S/2C8H15O4P/c1-7(2)6-12-8(9)4-5-13(3,10)11;1-7(2)6-12-13(3,11)5-4-8(9)10/h1,4-6H2,2-3H3,(H,10,11);1,4-6H2,2-3H3,(H,9,10). The molecule has 2 unspecified atom stereocenters. The van der Waals surface area contributed by atoms with Crippen LogP contribution in [0.1, 0.15) is 26.7 Å². The van der Waals surface area contributed by atoms with Crippen molar-refractivity contribution in [2.24, 2.45) is 0 Å². The van der Waals surface area contributed by atoms with Crippen LogP contribution in [0.15, 0.2) is 24.3 Å². The van der Waals surface area contributed by atoms with Gasteiger partial charge >= 0.3 is 11.9 Å². The minimum Gasteiger partial charge on any atom is -0.481 e. The van der Waals surface area contributed by atoms with Crippen molar-refractivity contribution < 1.29 is 38.0 Å². The van der Waals surface area contributed by atoms with Crippen LogP contribution < -0.4 is 0 Å². The van der Waals surface area contributed by atoms with Crippen molar-refractivity contribution in [3.05, 3.63) is 24.3 Å². The van der Waals surface area contributed by atoms with E-state index in [9.17, 15) is 18.7 Å². The quantitative estimate of drug-likeness (QED) is 0.300. The van der Waals surface area contributed by atoms with Crippen LogP contribution in [0.4, 0.5) is 0 Å². The highest BCUT2D eigenvalue weighted by Crippen LogP contribution is 2.43. The highest BCUT2D eigenvalue weighted by molar-refractivity contribution is 7.58. The summed E-state index contributed by atoms with van der Waals surface area (Å²) < 4.78 is 32.0. The van der Waals surface area contributed by atoms with Gasteiger partial charge in [-0.3, -0.25) is 18.7 Å².